The van der Waals surface area contributed by atoms with Gasteiger partial charge in [0.15, 0.2) is 17.6 Å². The maximum Gasteiger partial charge on any atom is 0.325 e. The van der Waals surface area contributed by atoms with Crippen molar-refractivity contribution in [2.24, 2.45) is 0 Å². The Kier molecular flexibility index (Phi) is 5.83. The number of fused-ring (bicyclic) bond motifs is 1. The highest BCUT2D eigenvalue weighted by Gasteiger charge is 2.51. The van der Waals surface area contributed by atoms with Gasteiger partial charge in [0.2, 0.25) is 5.91 Å². The summed E-state index contributed by atoms with van der Waals surface area (Å²) in [5, 5.41) is 2.89. The number of likely N-dealkylation sites (N-methyl/N-ethyl adjacent to an activating group) is 1. The van der Waals surface area contributed by atoms with Crippen molar-refractivity contribution < 1.29 is 23.9 Å². The second-order valence-corrected chi connectivity index (χ2v) is 8.25. The third-order valence-electron chi connectivity index (χ3n) is 6.22. The Morgan fingerprint density at radius 1 is 1.17 bits per heavy atom. The first kappa shape index (κ1) is 20.5. The number of rotatable bonds is 5. The number of imide groups is 1. The van der Waals surface area contributed by atoms with Crippen LogP contribution in [0.2, 0.25) is 0 Å². The molecular weight excluding hydrogens is 386 g/mol. The van der Waals surface area contributed by atoms with E-state index in [9.17, 15) is 14.4 Å². The highest BCUT2D eigenvalue weighted by molar-refractivity contribution is 6.09. The van der Waals surface area contributed by atoms with Crippen molar-refractivity contribution >= 4 is 17.8 Å². The van der Waals surface area contributed by atoms with Gasteiger partial charge in [0.1, 0.15) is 18.7 Å². The summed E-state index contributed by atoms with van der Waals surface area (Å²) >= 11 is 0. The minimum absolute atomic E-state index is 0.246. The predicted octanol–water partition coefficient (Wildman–Crippen LogP) is 2.32. The van der Waals surface area contributed by atoms with Gasteiger partial charge in [-0.3, -0.25) is 14.5 Å². The van der Waals surface area contributed by atoms with E-state index in [1.807, 2.05) is 31.2 Å². The van der Waals surface area contributed by atoms with Gasteiger partial charge in [-0.25, -0.2) is 4.79 Å². The van der Waals surface area contributed by atoms with Crippen LogP contribution in [0.4, 0.5) is 4.79 Å². The van der Waals surface area contributed by atoms with E-state index in [-0.39, 0.29) is 24.5 Å². The van der Waals surface area contributed by atoms with E-state index in [1.54, 1.807) is 4.90 Å². The molecule has 1 aromatic carbocycles. The van der Waals surface area contributed by atoms with Crippen LogP contribution < -0.4 is 14.8 Å². The van der Waals surface area contributed by atoms with E-state index < -0.39 is 11.6 Å². The Hall–Kier alpha value is -2.77. The van der Waals surface area contributed by atoms with Crippen LogP contribution in [-0.2, 0) is 9.59 Å². The first-order chi connectivity index (χ1) is 14.5. The van der Waals surface area contributed by atoms with Crippen LogP contribution in [0.3, 0.4) is 0 Å². The minimum Gasteiger partial charge on any atom is -0.486 e. The summed E-state index contributed by atoms with van der Waals surface area (Å²) < 4.78 is 11.7. The van der Waals surface area contributed by atoms with Crippen molar-refractivity contribution in [3.8, 4) is 11.5 Å². The fourth-order valence-electron chi connectivity index (χ4n) is 4.53. The Morgan fingerprint density at radius 3 is 2.57 bits per heavy atom. The van der Waals surface area contributed by atoms with Crippen molar-refractivity contribution in [1.82, 2.24) is 15.1 Å². The fourth-order valence-corrected chi connectivity index (χ4v) is 4.53. The summed E-state index contributed by atoms with van der Waals surface area (Å²) in [6.45, 7) is 2.75. The Labute approximate surface area is 176 Å². The lowest BCUT2D eigenvalue weighted by Gasteiger charge is -2.31. The first-order valence-electron chi connectivity index (χ1n) is 10.8. The second kappa shape index (κ2) is 8.53. The summed E-state index contributed by atoms with van der Waals surface area (Å²) in [6.07, 6.45) is 4.95. The number of carbonyl (C=O) groups excluding carboxylic acids is 3. The first-order valence-corrected chi connectivity index (χ1v) is 10.8. The number of nitrogens with one attached hydrogen (secondary N) is 1. The average Bonchev–Trinajstić information content (AvgIpc) is 2.92. The predicted molar refractivity (Wildman–Crippen MR) is 109 cm³/mol. The summed E-state index contributed by atoms with van der Waals surface area (Å²) in [5.74, 6) is 0.817. The van der Waals surface area contributed by atoms with Crippen molar-refractivity contribution in [1.29, 1.82) is 0 Å². The van der Waals surface area contributed by atoms with Gasteiger partial charge in [-0.2, -0.15) is 0 Å². The molecule has 1 spiro atoms. The Bertz CT molecular complexity index is 819. The molecule has 0 unspecified atom stereocenters. The standard InChI is InChI=1S/C22H29N3O5/c1-2-24(13-16-15-29-17-9-5-6-10-18(17)30-16)19(26)14-25-20(27)22(23-21(25)28)11-7-3-4-8-12-22/h5-6,9-10,16H,2-4,7-8,11-15H2,1H3,(H,23,28)/t16-/m0/s1. The number of hydrogen-bond donors (Lipinski definition) is 1. The summed E-state index contributed by atoms with van der Waals surface area (Å²) in [5.41, 5.74) is -0.824. The molecule has 2 fully saturated rings. The molecule has 1 atom stereocenters. The third-order valence-corrected chi connectivity index (χ3v) is 6.22. The lowest BCUT2D eigenvalue weighted by Crippen LogP contribution is -2.49. The monoisotopic (exact) mass is 415 g/mol. The van der Waals surface area contributed by atoms with Gasteiger partial charge in [-0.15, -0.1) is 0 Å². The molecule has 3 aliphatic rings. The molecule has 1 aromatic rings. The van der Waals surface area contributed by atoms with E-state index >= 15 is 0 Å². The molecule has 0 bridgehead atoms. The van der Waals surface area contributed by atoms with Gasteiger partial charge < -0.3 is 19.7 Å². The molecule has 1 N–H and O–H groups in total. The average molecular weight is 415 g/mol. The van der Waals surface area contributed by atoms with Gasteiger partial charge in [0.25, 0.3) is 5.91 Å². The lowest BCUT2D eigenvalue weighted by atomic mass is 9.90. The SMILES string of the molecule is CCN(C[C@H]1COc2ccccc2O1)C(=O)CN1C(=O)NC2(CCCCCC2)C1=O. The van der Waals surface area contributed by atoms with Gasteiger partial charge >= 0.3 is 6.03 Å². The van der Waals surface area contributed by atoms with Gasteiger partial charge in [-0.1, -0.05) is 37.8 Å². The number of amides is 4. The van der Waals surface area contributed by atoms with Crippen molar-refractivity contribution in [2.75, 3.05) is 26.2 Å². The van der Waals surface area contributed by atoms with Crippen LogP contribution in [0, 0.1) is 0 Å². The van der Waals surface area contributed by atoms with Crippen LogP contribution in [0.5, 0.6) is 11.5 Å². The highest BCUT2D eigenvalue weighted by atomic mass is 16.6. The topological polar surface area (TPSA) is 88.2 Å². The lowest BCUT2D eigenvalue weighted by molar-refractivity contribution is -0.140. The van der Waals surface area contributed by atoms with E-state index in [1.165, 1.54) is 0 Å². The van der Waals surface area contributed by atoms with E-state index in [4.69, 9.17) is 9.47 Å². The smallest absolute Gasteiger partial charge is 0.325 e. The van der Waals surface area contributed by atoms with Crippen LogP contribution in [0.25, 0.3) is 0 Å². The van der Waals surface area contributed by atoms with Gasteiger partial charge in [0.05, 0.1) is 6.54 Å². The van der Waals surface area contributed by atoms with Crippen molar-refractivity contribution in [3.05, 3.63) is 24.3 Å². The van der Waals surface area contributed by atoms with E-state index in [0.717, 1.165) is 30.6 Å². The summed E-state index contributed by atoms with van der Waals surface area (Å²) in [7, 11) is 0. The number of para-hydroxylation sites is 2. The molecule has 1 saturated carbocycles. The molecule has 4 rings (SSSR count). The number of hydrogen-bond acceptors (Lipinski definition) is 5. The Balaban J connectivity index is 1.38. The molecular formula is C22H29N3O5. The minimum atomic E-state index is -0.824. The maximum absolute atomic E-state index is 13.0. The zero-order valence-corrected chi connectivity index (χ0v) is 17.4. The summed E-state index contributed by atoms with van der Waals surface area (Å²) in [6, 6.07) is 6.96. The zero-order valence-electron chi connectivity index (χ0n) is 17.4. The van der Waals surface area contributed by atoms with Crippen LogP contribution in [0.1, 0.15) is 45.4 Å². The molecule has 8 heteroatoms. The number of benzene rings is 1. The zero-order chi connectivity index (χ0) is 21.1. The number of carbonyl (C=O) groups is 3. The molecule has 0 radical (unpaired) electrons. The van der Waals surface area contributed by atoms with E-state index in [0.29, 0.717) is 44.0 Å². The van der Waals surface area contributed by atoms with E-state index in [2.05, 4.69) is 5.32 Å². The normalized spacial score (nSPS) is 22.6. The molecule has 2 heterocycles. The quantitative estimate of drug-likeness (QED) is 0.746. The molecule has 162 valence electrons. The molecule has 30 heavy (non-hydrogen) atoms. The summed E-state index contributed by atoms with van der Waals surface area (Å²) in [4.78, 5) is 41.2. The molecule has 1 aliphatic carbocycles. The van der Waals surface area contributed by atoms with Crippen molar-refractivity contribution in [2.45, 2.75) is 57.1 Å². The van der Waals surface area contributed by atoms with Gasteiger partial charge in [-0.05, 0) is 31.9 Å². The molecule has 4 amide bonds. The van der Waals surface area contributed by atoms with Crippen LogP contribution >= 0.6 is 0 Å². The Morgan fingerprint density at radius 2 is 1.87 bits per heavy atom. The van der Waals surface area contributed by atoms with Crippen molar-refractivity contribution in [3.63, 3.8) is 0 Å². The van der Waals surface area contributed by atoms with Gasteiger partial charge in [0, 0.05) is 6.54 Å². The number of nitrogens with zero attached hydrogens (tertiary/aromatic N) is 2. The fraction of sp³-hybridized carbons (Fsp3) is 0.591. The maximum atomic E-state index is 13.0. The molecule has 8 nitrogen and oxygen atoms in total. The largest absolute Gasteiger partial charge is 0.486 e. The number of urea groups is 1. The third kappa shape index (κ3) is 3.95. The molecule has 1 saturated heterocycles. The second-order valence-electron chi connectivity index (χ2n) is 8.25. The highest BCUT2D eigenvalue weighted by Crippen LogP contribution is 2.33. The van der Waals surface area contributed by atoms with Crippen LogP contribution in [-0.4, -0.2) is 65.5 Å². The molecule has 2 aliphatic heterocycles. The van der Waals surface area contributed by atoms with Crippen LogP contribution in [0.15, 0.2) is 24.3 Å². The number of ether oxygens (including phenoxy) is 2. The molecule has 0 aromatic heterocycles.